The molecule has 0 bridgehead atoms. The van der Waals surface area contributed by atoms with Crippen LogP contribution in [0.15, 0.2) is 35.5 Å². The Bertz CT molecular complexity index is 836. The topological polar surface area (TPSA) is 80.9 Å². The van der Waals surface area contributed by atoms with Crippen LogP contribution in [0.2, 0.25) is 0 Å². The van der Waals surface area contributed by atoms with Crippen molar-refractivity contribution in [1.82, 2.24) is 0 Å². The molecular formula is C29H44O4. The lowest BCUT2D eigenvalue weighted by Crippen LogP contribution is -2.39. The number of hydrogen-bond acceptors (Lipinski definition) is 4. The Labute approximate surface area is 200 Å². The summed E-state index contributed by atoms with van der Waals surface area (Å²) in [6.07, 6.45) is 10.3. The van der Waals surface area contributed by atoms with E-state index in [0.29, 0.717) is 37.5 Å². The summed E-state index contributed by atoms with van der Waals surface area (Å²) in [5, 5.41) is 40.9. The summed E-state index contributed by atoms with van der Waals surface area (Å²) in [7, 11) is 0. The molecule has 0 spiro atoms. The van der Waals surface area contributed by atoms with Crippen LogP contribution in [0.25, 0.3) is 0 Å². The molecule has 3 saturated carbocycles. The first-order valence-corrected chi connectivity index (χ1v) is 12.8. The van der Waals surface area contributed by atoms with Gasteiger partial charge in [0.1, 0.15) is 6.10 Å². The summed E-state index contributed by atoms with van der Waals surface area (Å²) in [5.41, 5.74) is 2.58. The number of aliphatic hydroxyl groups is 4. The van der Waals surface area contributed by atoms with E-state index in [0.717, 1.165) is 36.8 Å². The molecule has 0 saturated heterocycles. The molecule has 3 aliphatic carbocycles. The predicted molar refractivity (Wildman–Crippen MR) is 133 cm³/mol. The highest BCUT2D eigenvalue weighted by Gasteiger charge is 2.51. The zero-order valence-corrected chi connectivity index (χ0v) is 21.0. The SMILES string of the molecule is C=C1/C(=C/C=C2\CCC[C@]3(C)[C@@H]([C@@H](C)[C@H](O)C#CCCC(C)(C)O)CC[C@@H]23)C[C@@H](O)C[C@@H]1O. The minimum atomic E-state index is -0.725. The van der Waals surface area contributed by atoms with Gasteiger partial charge in [-0.25, -0.2) is 0 Å². The van der Waals surface area contributed by atoms with Crippen molar-refractivity contribution in [2.45, 2.75) is 109 Å². The molecule has 3 aliphatic rings. The highest BCUT2D eigenvalue weighted by molar-refractivity contribution is 5.38. The smallest absolute Gasteiger partial charge is 0.117 e. The summed E-state index contributed by atoms with van der Waals surface area (Å²) >= 11 is 0. The summed E-state index contributed by atoms with van der Waals surface area (Å²) in [6.45, 7) is 12.1. The maximum atomic E-state index is 10.8. The van der Waals surface area contributed by atoms with Crippen LogP contribution >= 0.6 is 0 Å². The third-order valence-electron chi connectivity index (χ3n) is 8.55. The van der Waals surface area contributed by atoms with E-state index >= 15 is 0 Å². The van der Waals surface area contributed by atoms with Crippen LogP contribution in [-0.4, -0.2) is 44.3 Å². The Kier molecular flexibility index (Phi) is 8.33. The summed E-state index contributed by atoms with van der Waals surface area (Å²) in [5.74, 6) is 7.16. The van der Waals surface area contributed by atoms with Crippen LogP contribution in [0.5, 0.6) is 0 Å². The first kappa shape index (κ1) is 26.2. The largest absolute Gasteiger partial charge is 0.393 e. The van der Waals surface area contributed by atoms with E-state index in [1.807, 2.05) is 0 Å². The second kappa shape index (κ2) is 10.5. The average Bonchev–Trinajstić information content (AvgIpc) is 3.08. The molecule has 184 valence electrons. The molecule has 4 heteroatoms. The number of allylic oxidation sites excluding steroid dienone is 3. The van der Waals surface area contributed by atoms with Crippen LogP contribution in [0.1, 0.15) is 85.5 Å². The molecule has 3 rings (SSSR count). The lowest BCUT2D eigenvalue weighted by molar-refractivity contribution is 0.0455. The Morgan fingerprint density at radius 2 is 1.97 bits per heavy atom. The van der Waals surface area contributed by atoms with Gasteiger partial charge in [0.05, 0.1) is 17.8 Å². The zero-order chi connectivity index (χ0) is 24.4. The average molecular weight is 457 g/mol. The highest BCUT2D eigenvalue weighted by atomic mass is 16.3. The van der Waals surface area contributed by atoms with Gasteiger partial charge >= 0.3 is 0 Å². The summed E-state index contributed by atoms with van der Waals surface area (Å²) < 4.78 is 0. The molecule has 0 aromatic carbocycles. The van der Waals surface area contributed by atoms with E-state index in [9.17, 15) is 20.4 Å². The molecular weight excluding hydrogens is 412 g/mol. The fourth-order valence-electron chi connectivity index (χ4n) is 6.50. The number of hydrogen-bond donors (Lipinski definition) is 4. The van der Waals surface area contributed by atoms with Gasteiger partial charge in [-0.05, 0) is 93.1 Å². The quantitative estimate of drug-likeness (QED) is 0.453. The van der Waals surface area contributed by atoms with Crippen molar-refractivity contribution in [3.8, 4) is 11.8 Å². The maximum Gasteiger partial charge on any atom is 0.117 e. The Hall–Kier alpha value is -1.38. The molecule has 33 heavy (non-hydrogen) atoms. The lowest BCUT2D eigenvalue weighted by Gasteiger charge is -2.44. The third kappa shape index (κ3) is 6.20. The van der Waals surface area contributed by atoms with Crippen molar-refractivity contribution in [2.75, 3.05) is 0 Å². The van der Waals surface area contributed by atoms with Gasteiger partial charge in [0.2, 0.25) is 0 Å². The standard InChI is InChI=1S/C29H44O4/c1-19-22(17-23(30)18-27(19)32)12-11-21-9-8-16-29(5)24(13-14-25(21)29)20(2)26(31)10-6-7-15-28(3,4)33/h11-12,20,23-27,30-33H,1,7-9,13-18H2,2-5H3/b21-11+,22-12+/t20-,23-,24-,25+,26-,27+,29-/m1/s1. The Balaban J connectivity index is 1.71. The summed E-state index contributed by atoms with van der Waals surface area (Å²) in [6, 6.07) is 0. The van der Waals surface area contributed by atoms with Gasteiger partial charge in [0.15, 0.2) is 0 Å². The maximum absolute atomic E-state index is 10.8. The molecule has 0 aliphatic heterocycles. The molecule has 0 heterocycles. The van der Waals surface area contributed by atoms with Crippen molar-refractivity contribution < 1.29 is 20.4 Å². The molecule has 4 nitrogen and oxygen atoms in total. The van der Waals surface area contributed by atoms with Gasteiger partial charge < -0.3 is 20.4 Å². The first-order valence-electron chi connectivity index (χ1n) is 12.8. The molecule has 4 N–H and O–H groups in total. The minimum absolute atomic E-state index is 0.107. The monoisotopic (exact) mass is 456 g/mol. The van der Waals surface area contributed by atoms with Gasteiger partial charge in [-0.15, -0.1) is 5.92 Å². The summed E-state index contributed by atoms with van der Waals surface area (Å²) in [4.78, 5) is 0. The van der Waals surface area contributed by atoms with E-state index in [2.05, 4.69) is 44.4 Å². The molecule has 3 fully saturated rings. The van der Waals surface area contributed by atoms with Gasteiger partial charge in [-0.1, -0.05) is 44.1 Å². The molecule has 7 atom stereocenters. The first-order chi connectivity index (χ1) is 15.4. The second-order valence-corrected chi connectivity index (χ2v) is 11.6. The zero-order valence-electron chi connectivity index (χ0n) is 21.0. The van der Waals surface area contributed by atoms with Crippen LogP contribution in [-0.2, 0) is 0 Å². The van der Waals surface area contributed by atoms with Crippen molar-refractivity contribution in [1.29, 1.82) is 0 Å². The normalized spacial score (nSPS) is 36.9. The Morgan fingerprint density at radius 1 is 1.24 bits per heavy atom. The molecule has 0 aromatic heterocycles. The van der Waals surface area contributed by atoms with Crippen LogP contribution in [0, 0.1) is 35.0 Å². The Morgan fingerprint density at radius 3 is 2.67 bits per heavy atom. The van der Waals surface area contributed by atoms with Crippen molar-refractivity contribution in [2.24, 2.45) is 23.2 Å². The van der Waals surface area contributed by atoms with Gasteiger partial charge in [0.25, 0.3) is 0 Å². The van der Waals surface area contributed by atoms with E-state index in [-0.39, 0.29) is 11.3 Å². The number of rotatable bonds is 5. The minimum Gasteiger partial charge on any atom is -0.393 e. The van der Waals surface area contributed by atoms with Crippen LogP contribution in [0.3, 0.4) is 0 Å². The lowest BCUT2D eigenvalue weighted by atomic mass is 9.60. The van der Waals surface area contributed by atoms with Crippen molar-refractivity contribution in [3.63, 3.8) is 0 Å². The van der Waals surface area contributed by atoms with Crippen LogP contribution in [0.4, 0.5) is 0 Å². The van der Waals surface area contributed by atoms with E-state index in [1.54, 1.807) is 13.8 Å². The second-order valence-electron chi connectivity index (χ2n) is 11.6. The van der Waals surface area contributed by atoms with E-state index in [4.69, 9.17) is 0 Å². The van der Waals surface area contributed by atoms with Crippen molar-refractivity contribution in [3.05, 3.63) is 35.5 Å². The van der Waals surface area contributed by atoms with Gasteiger partial charge in [0, 0.05) is 12.8 Å². The van der Waals surface area contributed by atoms with Gasteiger partial charge in [-0.3, -0.25) is 0 Å². The molecule has 0 aromatic rings. The van der Waals surface area contributed by atoms with Crippen molar-refractivity contribution >= 4 is 0 Å². The van der Waals surface area contributed by atoms with E-state index < -0.39 is 23.9 Å². The number of aliphatic hydroxyl groups excluding tert-OH is 3. The molecule has 0 unspecified atom stereocenters. The fourth-order valence-corrected chi connectivity index (χ4v) is 6.50. The third-order valence-corrected chi connectivity index (χ3v) is 8.55. The highest BCUT2D eigenvalue weighted by Crippen LogP contribution is 2.59. The molecule has 0 radical (unpaired) electrons. The van der Waals surface area contributed by atoms with Crippen LogP contribution < -0.4 is 0 Å². The molecule has 0 amide bonds. The number of fused-ring (bicyclic) bond motifs is 1. The fraction of sp³-hybridized carbons (Fsp3) is 0.724. The van der Waals surface area contributed by atoms with Gasteiger partial charge in [-0.2, -0.15) is 0 Å². The predicted octanol–water partition coefficient (Wildman–Crippen LogP) is 4.68. The van der Waals surface area contributed by atoms with E-state index in [1.165, 1.54) is 12.0 Å².